The van der Waals surface area contributed by atoms with Gasteiger partial charge in [-0.05, 0) is 72.0 Å². The van der Waals surface area contributed by atoms with Gasteiger partial charge in [0.05, 0.1) is 34.5 Å². The number of pyridine rings is 2. The molecule has 7 nitrogen and oxygen atoms in total. The topological polar surface area (TPSA) is 104 Å². The average molecular weight is 526 g/mol. The number of halogens is 1. The Bertz CT molecular complexity index is 1940. The van der Waals surface area contributed by atoms with Crippen LogP contribution in [-0.4, -0.2) is 45.6 Å². The highest BCUT2D eigenvalue weighted by Gasteiger charge is 2.16. The molecule has 4 aromatic heterocycles. The quantitative estimate of drug-likeness (QED) is 0.283. The zero-order valence-corrected chi connectivity index (χ0v) is 21.6. The van der Waals surface area contributed by atoms with E-state index in [1.807, 2.05) is 55.5 Å². The number of aromatic nitrogens is 5. The second-order valence-electron chi connectivity index (χ2n) is 9.53. The van der Waals surface area contributed by atoms with E-state index >= 15 is 0 Å². The van der Waals surface area contributed by atoms with E-state index in [9.17, 15) is 12.8 Å². The molecular formula is C29H24FN5O2S. The molecule has 0 atom stereocenters. The summed E-state index contributed by atoms with van der Waals surface area (Å²) in [5.74, 6) is -0.433. The van der Waals surface area contributed by atoms with E-state index in [0.29, 0.717) is 11.1 Å². The predicted octanol–water partition coefficient (Wildman–Crippen LogP) is 5.87. The molecule has 0 fully saturated rings. The summed E-state index contributed by atoms with van der Waals surface area (Å²) in [5.41, 5.74) is 8.02. The van der Waals surface area contributed by atoms with Gasteiger partial charge in [0.1, 0.15) is 21.3 Å². The number of rotatable bonds is 6. The summed E-state index contributed by atoms with van der Waals surface area (Å²) < 4.78 is 37.8. The molecule has 0 unspecified atom stereocenters. The molecule has 0 saturated carbocycles. The van der Waals surface area contributed by atoms with E-state index in [-0.39, 0.29) is 12.2 Å². The predicted molar refractivity (Wildman–Crippen MR) is 148 cm³/mol. The Hall–Kier alpha value is -4.37. The van der Waals surface area contributed by atoms with E-state index in [2.05, 4.69) is 25.1 Å². The molecule has 9 heteroatoms. The Labute approximate surface area is 218 Å². The first-order valence-electron chi connectivity index (χ1n) is 12.1. The molecule has 0 spiro atoms. The van der Waals surface area contributed by atoms with Crippen LogP contribution in [0.1, 0.15) is 11.1 Å². The molecule has 4 heterocycles. The molecule has 0 aliphatic rings. The highest BCUT2D eigenvalue weighted by molar-refractivity contribution is 7.90. The lowest BCUT2D eigenvalue weighted by atomic mass is 9.98. The van der Waals surface area contributed by atoms with Crippen molar-refractivity contribution in [1.82, 2.24) is 25.1 Å². The van der Waals surface area contributed by atoms with Crippen molar-refractivity contribution in [2.24, 2.45) is 0 Å². The summed E-state index contributed by atoms with van der Waals surface area (Å²) >= 11 is 0. The van der Waals surface area contributed by atoms with Gasteiger partial charge in [-0.25, -0.2) is 12.8 Å². The van der Waals surface area contributed by atoms with Gasteiger partial charge in [0.2, 0.25) is 0 Å². The van der Waals surface area contributed by atoms with Crippen LogP contribution in [0.25, 0.3) is 55.7 Å². The third-order valence-corrected chi connectivity index (χ3v) is 7.59. The number of aromatic amines is 2. The molecule has 0 aliphatic carbocycles. The van der Waals surface area contributed by atoms with Crippen LogP contribution in [0.4, 0.5) is 4.39 Å². The summed E-state index contributed by atoms with van der Waals surface area (Å²) in [4.78, 5) is 12.5. The molecule has 0 bridgehead atoms. The Morgan fingerprint density at radius 3 is 2.61 bits per heavy atom. The van der Waals surface area contributed by atoms with E-state index in [1.165, 1.54) is 18.4 Å². The lowest BCUT2D eigenvalue weighted by Crippen LogP contribution is -2.06. The minimum absolute atomic E-state index is 0.0322. The molecule has 0 amide bonds. The second-order valence-corrected chi connectivity index (χ2v) is 11.8. The number of aryl methyl sites for hydroxylation is 2. The SMILES string of the molecule is Cc1cccnc1-c1cc2c(-c3cc4c(-c5cc(F)cc(CCS(C)(=O)=O)c5)cccc4[nH]3)n[nH]c2cn1. The van der Waals surface area contributed by atoms with Crippen molar-refractivity contribution in [2.45, 2.75) is 13.3 Å². The summed E-state index contributed by atoms with van der Waals surface area (Å²) in [6.07, 6.45) is 4.95. The third-order valence-electron chi connectivity index (χ3n) is 6.65. The molecule has 6 aromatic rings. The zero-order chi connectivity index (χ0) is 26.4. The van der Waals surface area contributed by atoms with Crippen LogP contribution < -0.4 is 0 Å². The lowest BCUT2D eigenvalue weighted by molar-refractivity contribution is 0.600. The van der Waals surface area contributed by atoms with E-state index < -0.39 is 15.7 Å². The lowest BCUT2D eigenvalue weighted by Gasteiger charge is -2.08. The van der Waals surface area contributed by atoms with Crippen molar-refractivity contribution >= 4 is 31.6 Å². The summed E-state index contributed by atoms with van der Waals surface area (Å²) in [6, 6.07) is 18.4. The van der Waals surface area contributed by atoms with Crippen molar-refractivity contribution < 1.29 is 12.8 Å². The molecule has 190 valence electrons. The average Bonchev–Trinajstić information content (AvgIpc) is 3.50. The fourth-order valence-corrected chi connectivity index (χ4v) is 5.40. The monoisotopic (exact) mass is 525 g/mol. The standard InChI is InChI=1S/C29H24FN5O2S/c1-17-5-4-9-31-28(17)25-15-23-27(16-32-25)34-35-29(23)26-14-22-21(6-3-7-24(22)33-26)19-11-18(12-20(30)13-19)8-10-38(2,36)37/h3-7,9,11-16,33H,8,10H2,1-2H3,(H,34,35). The van der Waals surface area contributed by atoms with Crippen LogP contribution >= 0.6 is 0 Å². The molecular weight excluding hydrogens is 501 g/mol. The Morgan fingerprint density at radius 1 is 0.921 bits per heavy atom. The largest absolute Gasteiger partial charge is 0.353 e. The Balaban J connectivity index is 1.44. The molecule has 38 heavy (non-hydrogen) atoms. The van der Waals surface area contributed by atoms with Gasteiger partial charge in [-0.2, -0.15) is 5.10 Å². The smallest absolute Gasteiger partial charge is 0.147 e. The summed E-state index contributed by atoms with van der Waals surface area (Å²) in [7, 11) is -3.16. The van der Waals surface area contributed by atoms with E-state index in [0.717, 1.165) is 55.7 Å². The molecule has 2 aromatic carbocycles. The van der Waals surface area contributed by atoms with Crippen molar-refractivity contribution in [1.29, 1.82) is 0 Å². The highest BCUT2D eigenvalue weighted by atomic mass is 32.2. The Kier molecular flexibility index (Phi) is 5.80. The zero-order valence-electron chi connectivity index (χ0n) is 20.8. The maximum atomic E-state index is 14.6. The molecule has 0 aliphatic heterocycles. The number of nitrogens with zero attached hydrogens (tertiary/aromatic N) is 3. The van der Waals surface area contributed by atoms with Gasteiger partial charge in [0.25, 0.3) is 0 Å². The molecule has 0 saturated heterocycles. The van der Waals surface area contributed by atoms with Crippen molar-refractivity contribution in [3.63, 3.8) is 0 Å². The maximum Gasteiger partial charge on any atom is 0.147 e. The minimum Gasteiger partial charge on any atom is -0.353 e. The number of benzene rings is 2. The van der Waals surface area contributed by atoms with E-state index in [4.69, 9.17) is 0 Å². The van der Waals surface area contributed by atoms with Gasteiger partial charge in [0, 0.05) is 28.7 Å². The number of nitrogens with one attached hydrogen (secondary N) is 2. The number of H-pyrrole nitrogens is 2. The van der Waals surface area contributed by atoms with Crippen LogP contribution in [0, 0.1) is 12.7 Å². The van der Waals surface area contributed by atoms with Gasteiger partial charge in [-0.1, -0.05) is 24.3 Å². The normalized spacial score (nSPS) is 12.0. The summed E-state index contributed by atoms with van der Waals surface area (Å²) in [5, 5.41) is 9.44. The van der Waals surface area contributed by atoms with Crippen LogP contribution in [-0.2, 0) is 16.3 Å². The first kappa shape index (κ1) is 24.0. The maximum absolute atomic E-state index is 14.6. The first-order chi connectivity index (χ1) is 18.2. The van der Waals surface area contributed by atoms with Gasteiger partial charge in [0.15, 0.2) is 0 Å². The second kappa shape index (κ2) is 9.18. The van der Waals surface area contributed by atoms with Gasteiger partial charge in [-0.3, -0.25) is 15.1 Å². The van der Waals surface area contributed by atoms with Gasteiger partial charge in [-0.15, -0.1) is 0 Å². The van der Waals surface area contributed by atoms with Crippen molar-refractivity contribution in [3.05, 3.63) is 90.0 Å². The number of sulfone groups is 1. The van der Waals surface area contributed by atoms with Crippen molar-refractivity contribution in [2.75, 3.05) is 12.0 Å². The van der Waals surface area contributed by atoms with Crippen molar-refractivity contribution in [3.8, 4) is 33.9 Å². The summed E-state index contributed by atoms with van der Waals surface area (Å²) in [6.45, 7) is 2.00. The molecule has 2 N–H and O–H groups in total. The van der Waals surface area contributed by atoms with E-state index in [1.54, 1.807) is 12.4 Å². The van der Waals surface area contributed by atoms with Gasteiger partial charge >= 0.3 is 0 Å². The number of fused-ring (bicyclic) bond motifs is 2. The van der Waals surface area contributed by atoms with Crippen LogP contribution in [0.3, 0.4) is 0 Å². The first-order valence-corrected chi connectivity index (χ1v) is 14.2. The van der Waals surface area contributed by atoms with Gasteiger partial charge < -0.3 is 4.98 Å². The highest BCUT2D eigenvalue weighted by Crippen LogP contribution is 2.35. The Morgan fingerprint density at radius 2 is 1.79 bits per heavy atom. The third kappa shape index (κ3) is 4.56. The fraction of sp³-hybridized carbons (Fsp3) is 0.138. The van der Waals surface area contributed by atoms with Crippen LogP contribution in [0.2, 0.25) is 0 Å². The number of hydrogen-bond acceptors (Lipinski definition) is 5. The van der Waals surface area contributed by atoms with Crippen LogP contribution in [0.15, 0.2) is 73.1 Å². The molecule has 6 rings (SSSR count). The number of hydrogen-bond donors (Lipinski definition) is 2. The minimum atomic E-state index is -3.16. The fourth-order valence-electron chi connectivity index (χ4n) is 4.79. The van der Waals surface area contributed by atoms with Crippen LogP contribution in [0.5, 0.6) is 0 Å². The molecule has 0 radical (unpaired) electrons.